The minimum absolute atomic E-state index is 0.0720. The van der Waals surface area contributed by atoms with E-state index in [2.05, 4.69) is 4.98 Å². The highest BCUT2D eigenvalue weighted by atomic mass is 32.2. The highest BCUT2D eigenvalue weighted by molar-refractivity contribution is 7.89. The third-order valence-corrected chi connectivity index (χ3v) is 9.04. The number of benzene rings is 3. The van der Waals surface area contributed by atoms with Crippen LogP contribution in [0.15, 0.2) is 65.7 Å². The molecule has 200 valence electrons. The van der Waals surface area contributed by atoms with Crippen LogP contribution in [-0.2, 0) is 22.9 Å². The van der Waals surface area contributed by atoms with E-state index in [0.29, 0.717) is 43.9 Å². The van der Waals surface area contributed by atoms with Gasteiger partial charge in [0, 0.05) is 23.6 Å². The summed E-state index contributed by atoms with van der Waals surface area (Å²) in [6.07, 6.45) is 3.66. The highest BCUT2D eigenvalue weighted by Crippen LogP contribution is 2.42. The van der Waals surface area contributed by atoms with Crippen LogP contribution in [0.2, 0.25) is 0 Å². The van der Waals surface area contributed by atoms with E-state index >= 15 is 0 Å². The van der Waals surface area contributed by atoms with Crippen LogP contribution in [0.5, 0.6) is 17.2 Å². The summed E-state index contributed by atoms with van der Waals surface area (Å²) < 4.78 is 59.6. The lowest BCUT2D eigenvalue weighted by molar-refractivity contribution is 0.284. The van der Waals surface area contributed by atoms with Crippen LogP contribution < -0.4 is 14.2 Å². The average molecular weight is 539 g/mol. The normalized spacial score (nSPS) is 15.8. The summed E-state index contributed by atoms with van der Waals surface area (Å²) in [5.41, 5.74) is 3.98. The number of aryl methyl sites for hydroxylation is 1. The number of fused-ring (bicyclic) bond motifs is 2. The first kappa shape index (κ1) is 26.1. The Balaban J connectivity index is 1.56. The number of nitrogens with zero attached hydrogens (tertiary/aromatic N) is 1. The largest absolute Gasteiger partial charge is 0.497 e. The second-order valence-corrected chi connectivity index (χ2v) is 11.1. The number of nitrogens with one attached hydrogen (secondary N) is 1. The third kappa shape index (κ3) is 4.83. The second-order valence-electron chi connectivity index (χ2n) is 9.23. The van der Waals surface area contributed by atoms with Crippen molar-refractivity contribution in [3.63, 3.8) is 0 Å². The maximum atomic E-state index is 13.8. The number of methoxy groups -OCH3 is 2. The van der Waals surface area contributed by atoms with Gasteiger partial charge in [0.2, 0.25) is 10.0 Å². The molecule has 0 saturated heterocycles. The summed E-state index contributed by atoms with van der Waals surface area (Å²) >= 11 is 0. The second kappa shape index (κ2) is 10.7. The van der Waals surface area contributed by atoms with Crippen LogP contribution in [0.25, 0.3) is 10.9 Å². The zero-order valence-electron chi connectivity index (χ0n) is 21.7. The first-order valence-electron chi connectivity index (χ1n) is 12.6. The van der Waals surface area contributed by atoms with Crippen molar-refractivity contribution in [2.24, 2.45) is 0 Å². The summed E-state index contributed by atoms with van der Waals surface area (Å²) in [6, 6.07) is 14.3. The van der Waals surface area contributed by atoms with E-state index < -0.39 is 21.9 Å². The summed E-state index contributed by atoms with van der Waals surface area (Å²) in [5, 5.41) is 1.04. The summed E-state index contributed by atoms with van der Waals surface area (Å²) in [4.78, 5) is 3.37. The SMILES string of the molecule is CCOc1cc2c(cc1OC)CCN(S(=O)(=O)c1ccc(F)cc1)[C@H]2CCc1c[nH]c2ccc(OC)cc12. The molecule has 0 saturated carbocycles. The van der Waals surface area contributed by atoms with E-state index in [1.54, 1.807) is 18.5 Å². The van der Waals surface area contributed by atoms with E-state index in [1.807, 2.05) is 43.5 Å². The summed E-state index contributed by atoms with van der Waals surface area (Å²) in [6.45, 7) is 2.65. The average Bonchev–Trinajstić information content (AvgIpc) is 3.33. The standard InChI is InChI=1S/C29H31FN2O5S/c1-4-37-29-17-25-19(15-28(29)36-3)13-14-32(38(33,34)23-9-6-21(30)7-10-23)27(25)12-5-20-18-31-26-11-8-22(35-2)16-24(20)26/h6-11,15-18,27,31H,4-5,12-14H2,1-3H3/t27-/m0/s1. The lowest BCUT2D eigenvalue weighted by atomic mass is 9.90. The molecule has 0 spiro atoms. The van der Waals surface area contributed by atoms with Crippen LogP contribution in [0.4, 0.5) is 4.39 Å². The van der Waals surface area contributed by atoms with Crippen molar-refractivity contribution in [3.8, 4) is 17.2 Å². The Morgan fingerprint density at radius 3 is 2.53 bits per heavy atom. The fourth-order valence-electron chi connectivity index (χ4n) is 5.23. The monoisotopic (exact) mass is 538 g/mol. The molecule has 2 heterocycles. The number of H-pyrrole nitrogens is 1. The Bertz CT molecular complexity index is 1550. The van der Waals surface area contributed by atoms with Crippen molar-refractivity contribution in [1.82, 2.24) is 9.29 Å². The van der Waals surface area contributed by atoms with Gasteiger partial charge in [-0.3, -0.25) is 0 Å². The molecule has 1 aromatic heterocycles. The van der Waals surface area contributed by atoms with Crippen molar-refractivity contribution < 1.29 is 27.0 Å². The maximum absolute atomic E-state index is 13.8. The molecule has 0 amide bonds. The third-order valence-electron chi connectivity index (χ3n) is 7.12. The van der Waals surface area contributed by atoms with Gasteiger partial charge in [-0.1, -0.05) is 0 Å². The molecule has 0 unspecified atom stereocenters. The van der Waals surface area contributed by atoms with E-state index in [4.69, 9.17) is 14.2 Å². The topological polar surface area (TPSA) is 80.9 Å². The number of aromatic nitrogens is 1. The van der Waals surface area contributed by atoms with Crippen LogP contribution in [0, 0.1) is 5.82 Å². The molecule has 3 aromatic carbocycles. The lowest BCUT2D eigenvalue weighted by Crippen LogP contribution is -2.40. The Labute approximate surface area is 222 Å². The molecule has 1 aliphatic heterocycles. The molecule has 0 fully saturated rings. The zero-order chi connectivity index (χ0) is 26.9. The van der Waals surface area contributed by atoms with Crippen molar-refractivity contribution in [2.75, 3.05) is 27.4 Å². The molecule has 1 N–H and O–H groups in total. The van der Waals surface area contributed by atoms with Gasteiger partial charge < -0.3 is 19.2 Å². The van der Waals surface area contributed by atoms with Crippen molar-refractivity contribution >= 4 is 20.9 Å². The van der Waals surface area contributed by atoms with Gasteiger partial charge in [0.15, 0.2) is 11.5 Å². The predicted molar refractivity (Wildman–Crippen MR) is 144 cm³/mol. The van der Waals surface area contributed by atoms with Gasteiger partial charge in [-0.25, -0.2) is 12.8 Å². The highest BCUT2D eigenvalue weighted by Gasteiger charge is 2.37. The molecule has 0 bridgehead atoms. The van der Waals surface area contributed by atoms with E-state index in [-0.39, 0.29) is 4.90 Å². The number of rotatable bonds is 9. The van der Waals surface area contributed by atoms with Gasteiger partial charge in [-0.15, -0.1) is 0 Å². The molecule has 0 aliphatic carbocycles. The molecular formula is C29H31FN2O5S. The van der Waals surface area contributed by atoms with E-state index in [1.165, 1.54) is 24.3 Å². The fourth-order valence-corrected chi connectivity index (χ4v) is 6.86. The molecule has 4 aromatic rings. The van der Waals surface area contributed by atoms with Crippen LogP contribution in [0.1, 0.15) is 36.1 Å². The molecule has 0 radical (unpaired) electrons. The Kier molecular flexibility index (Phi) is 7.32. The molecular weight excluding hydrogens is 507 g/mol. The van der Waals surface area contributed by atoms with Crippen LogP contribution in [-0.4, -0.2) is 45.1 Å². The number of hydrogen-bond donors (Lipinski definition) is 1. The molecule has 38 heavy (non-hydrogen) atoms. The van der Waals surface area contributed by atoms with Crippen molar-refractivity contribution in [2.45, 2.75) is 37.1 Å². The molecule has 1 aliphatic rings. The minimum Gasteiger partial charge on any atom is -0.497 e. The first-order chi connectivity index (χ1) is 18.3. The van der Waals surface area contributed by atoms with Gasteiger partial charge in [0.1, 0.15) is 11.6 Å². The predicted octanol–water partition coefficient (Wildman–Crippen LogP) is 5.64. The van der Waals surface area contributed by atoms with Gasteiger partial charge >= 0.3 is 0 Å². The lowest BCUT2D eigenvalue weighted by Gasteiger charge is -2.37. The number of aromatic amines is 1. The Morgan fingerprint density at radius 2 is 1.82 bits per heavy atom. The molecule has 9 heteroatoms. The maximum Gasteiger partial charge on any atom is 0.243 e. The summed E-state index contributed by atoms with van der Waals surface area (Å²) in [5.74, 6) is 1.49. The van der Waals surface area contributed by atoms with Gasteiger partial charge in [-0.05, 0) is 97.5 Å². The molecule has 7 nitrogen and oxygen atoms in total. The molecule has 1 atom stereocenters. The van der Waals surface area contributed by atoms with Crippen LogP contribution in [0.3, 0.4) is 0 Å². The zero-order valence-corrected chi connectivity index (χ0v) is 22.5. The summed E-state index contributed by atoms with van der Waals surface area (Å²) in [7, 11) is -0.657. The van der Waals surface area contributed by atoms with E-state index in [9.17, 15) is 12.8 Å². The quantitative estimate of drug-likeness (QED) is 0.298. The van der Waals surface area contributed by atoms with Gasteiger partial charge in [-0.2, -0.15) is 4.31 Å². The van der Waals surface area contributed by atoms with Crippen LogP contribution >= 0.6 is 0 Å². The van der Waals surface area contributed by atoms with Crippen molar-refractivity contribution in [3.05, 3.63) is 83.3 Å². The minimum atomic E-state index is -3.89. The number of halogens is 1. The van der Waals surface area contributed by atoms with Crippen molar-refractivity contribution in [1.29, 1.82) is 0 Å². The van der Waals surface area contributed by atoms with E-state index in [0.717, 1.165) is 33.3 Å². The Morgan fingerprint density at radius 1 is 1.03 bits per heavy atom. The smallest absolute Gasteiger partial charge is 0.243 e. The number of ether oxygens (including phenoxy) is 3. The number of sulfonamides is 1. The van der Waals surface area contributed by atoms with Gasteiger partial charge in [0.25, 0.3) is 0 Å². The fraction of sp³-hybridized carbons (Fsp3) is 0.310. The first-order valence-corrected chi connectivity index (χ1v) is 14.0. The number of hydrogen-bond acceptors (Lipinski definition) is 5. The van der Waals surface area contributed by atoms with Gasteiger partial charge in [0.05, 0.1) is 31.8 Å². The molecule has 5 rings (SSSR count). The Hall–Kier alpha value is -3.56.